The lowest BCUT2D eigenvalue weighted by Crippen LogP contribution is -2.46. The topological polar surface area (TPSA) is 75.7 Å². The largest absolute Gasteiger partial charge is 0.501 e. The summed E-state index contributed by atoms with van der Waals surface area (Å²) in [6.07, 6.45) is 0.123. The second kappa shape index (κ2) is 7.76. The van der Waals surface area contributed by atoms with Gasteiger partial charge in [0.15, 0.2) is 0 Å². The highest BCUT2D eigenvalue weighted by Crippen LogP contribution is 2.37. The number of piperidine rings is 1. The van der Waals surface area contributed by atoms with Gasteiger partial charge < -0.3 is 15.0 Å². The standard InChI is InChI=1S/C17H22F4N2O4S/c1-16(2,3)27-15(24)22-12-6-8-23(9-7-12)13-5-4-11(18)10-14(13)28(25,26)17(19,20)21/h4-5,10,12H,6-9H2,1-3H3,(H,22,24). The van der Waals surface area contributed by atoms with Gasteiger partial charge in [-0.2, -0.15) is 13.2 Å². The molecule has 158 valence electrons. The summed E-state index contributed by atoms with van der Waals surface area (Å²) in [5, 5.41) is 2.68. The first-order valence-corrected chi connectivity index (χ1v) is 10.0. The fourth-order valence-corrected chi connectivity index (χ4v) is 3.82. The number of anilines is 1. The lowest BCUT2D eigenvalue weighted by Gasteiger charge is -2.35. The summed E-state index contributed by atoms with van der Waals surface area (Å²) in [6, 6.07) is 2.04. The summed E-state index contributed by atoms with van der Waals surface area (Å²) < 4.78 is 81.1. The Kier molecular flexibility index (Phi) is 6.17. The smallest absolute Gasteiger partial charge is 0.444 e. The predicted molar refractivity (Wildman–Crippen MR) is 94.2 cm³/mol. The zero-order valence-corrected chi connectivity index (χ0v) is 16.5. The minimum absolute atomic E-state index is 0.187. The average Bonchev–Trinajstić information content (AvgIpc) is 2.52. The van der Waals surface area contributed by atoms with E-state index in [-0.39, 0.29) is 24.8 Å². The van der Waals surface area contributed by atoms with Crippen molar-refractivity contribution in [2.24, 2.45) is 0 Å². The van der Waals surface area contributed by atoms with Gasteiger partial charge in [0.25, 0.3) is 9.84 Å². The van der Waals surface area contributed by atoms with Crippen molar-refractivity contribution in [2.75, 3.05) is 18.0 Å². The van der Waals surface area contributed by atoms with E-state index in [1.807, 2.05) is 0 Å². The first-order chi connectivity index (χ1) is 12.7. The van der Waals surface area contributed by atoms with E-state index in [0.717, 1.165) is 12.1 Å². The monoisotopic (exact) mass is 426 g/mol. The first-order valence-electron chi connectivity index (χ1n) is 8.56. The van der Waals surface area contributed by atoms with Gasteiger partial charge in [-0.15, -0.1) is 0 Å². The van der Waals surface area contributed by atoms with Gasteiger partial charge in [0, 0.05) is 19.1 Å². The van der Waals surface area contributed by atoms with Crippen molar-refractivity contribution >= 4 is 21.6 Å². The van der Waals surface area contributed by atoms with Crippen LogP contribution in [0.1, 0.15) is 33.6 Å². The highest BCUT2D eigenvalue weighted by atomic mass is 32.2. The molecule has 2 rings (SSSR count). The Bertz CT molecular complexity index is 827. The number of alkyl halides is 3. The number of ether oxygens (including phenoxy) is 1. The van der Waals surface area contributed by atoms with Gasteiger partial charge >= 0.3 is 11.6 Å². The molecular weight excluding hydrogens is 404 g/mol. The molecule has 1 aliphatic heterocycles. The molecule has 0 unspecified atom stereocenters. The van der Waals surface area contributed by atoms with Crippen molar-refractivity contribution in [2.45, 2.75) is 55.7 Å². The number of nitrogens with zero attached hydrogens (tertiary/aromatic N) is 1. The Morgan fingerprint density at radius 1 is 1.18 bits per heavy atom. The van der Waals surface area contributed by atoms with Crippen LogP contribution < -0.4 is 10.2 Å². The van der Waals surface area contributed by atoms with Gasteiger partial charge in [-0.25, -0.2) is 17.6 Å². The van der Waals surface area contributed by atoms with Gasteiger partial charge in [0.2, 0.25) is 0 Å². The van der Waals surface area contributed by atoms with Crippen LogP contribution in [0.5, 0.6) is 0 Å². The molecule has 1 N–H and O–H groups in total. The van der Waals surface area contributed by atoms with E-state index < -0.39 is 37.8 Å². The summed E-state index contributed by atoms with van der Waals surface area (Å²) in [5.74, 6) is -1.08. The van der Waals surface area contributed by atoms with Crippen LogP contribution in [0.4, 0.5) is 28.0 Å². The van der Waals surface area contributed by atoms with Gasteiger partial charge in [-0.3, -0.25) is 0 Å². The molecule has 6 nitrogen and oxygen atoms in total. The Morgan fingerprint density at radius 2 is 1.75 bits per heavy atom. The van der Waals surface area contributed by atoms with E-state index in [4.69, 9.17) is 4.74 Å². The number of nitrogens with one attached hydrogen (secondary N) is 1. The van der Waals surface area contributed by atoms with Gasteiger partial charge in [0.1, 0.15) is 16.3 Å². The molecule has 0 atom stereocenters. The molecule has 1 aliphatic rings. The van der Waals surface area contributed by atoms with E-state index in [2.05, 4.69) is 5.32 Å². The summed E-state index contributed by atoms with van der Waals surface area (Å²) in [6.45, 7) is 5.52. The molecule has 1 aromatic carbocycles. The van der Waals surface area contributed by atoms with Crippen LogP contribution >= 0.6 is 0 Å². The van der Waals surface area contributed by atoms with Gasteiger partial charge in [-0.05, 0) is 51.8 Å². The van der Waals surface area contributed by atoms with E-state index in [9.17, 15) is 30.8 Å². The normalized spacial score (nSPS) is 16.8. The number of hydrogen-bond acceptors (Lipinski definition) is 5. The average molecular weight is 426 g/mol. The van der Waals surface area contributed by atoms with E-state index in [0.29, 0.717) is 18.9 Å². The fraction of sp³-hybridized carbons (Fsp3) is 0.588. The summed E-state index contributed by atoms with van der Waals surface area (Å²) in [5.41, 5.74) is -6.42. The van der Waals surface area contributed by atoms with Crippen molar-refractivity contribution in [1.29, 1.82) is 0 Å². The van der Waals surface area contributed by atoms with Crippen molar-refractivity contribution < 1.29 is 35.5 Å². The van der Waals surface area contributed by atoms with Crippen LogP contribution in [0.3, 0.4) is 0 Å². The molecule has 28 heavy (non-hydrogen) atoms. The SMILES string of the molecule is CC(C)(C)OC(=O)NC1CCN(c2ccc(F)cc2S(=O)(=O)C(F)(F)F)CC1. The second-order valence-corrected chi connectivity index (χ2v) is 9.38. The molecule has 0 radical (unpaired) electrons. The van der Waals surface area contributed by atoms with Gasteiger partial charge in [0.05, 0.1) is 5.69 Å². The van der Waals surface area contributed by atoms with Crippen molar-refractivity contribution in [1.82, 2.24) is 5.32 Å². The van der Waals surface area contributed by atoms with Crippen LogP contribution in [-0.4, -0.2) is 44.8 Å². The van der Waals surface area contributed by atoms with E-state index >= 15 is 0 Å². The number of carbonyl (C=O) groups is 1. The van der Waals surface area contributed by atoms with Crippen LogP contribution in [0.25, 0.3) is 0 Å². The molecule has 1 saturated heterocycles. The molecular formula is C17H22F4N2O4S. The van der Waals surface area contributed by atoms with E-state index in [1.54, 1.807) is 20.8 Å². The zero-order valence-electron chi connectivity index (χ0n) is 15.6. The molecule has 1 heterocycles. The minimum Gasteiger partial charge on any atom is -0.444 e. The molecule has 0 bridgehead atoms. The zero-order chi connectivity index (χ0) is 21.3. The maximum absolute atomic E-state index is 13.5. The van der Waals surface area contributed by atoms with Crippen LogP contribution in [0, 0.1) is 5.82 Å². The van der Waals surface area contributed by atoms with Crippen molar-refractivity contribution in [3.8, 4) is 0 Å². The highest BCUT2D eigenvalue weighted by Gasteiger charge is 2.48. The van der Waals surface area contributed by atoms with Crippen LogP contribution in [0.15, 0.2) is 23.1 Å². The lowest BCUT2D eigenvalue weighted by molar-refractivity contribution is -0.0436. The molecule has 0 aliphatic carbocycles. The Morgan fingerprint density at radius 3 is 2.25 bits per heavy atom. The number of sulfone groups is 1. The van der Waals surface area contributed by atoms with Crippen LogP contribution in [-0.2, 0) is 14.6 Å². The Hall–Kier alpha value is -2.04. The molecule has 11 heteroatoms. The van der Waals surface area contributed by atoms with Crippen LogP contribution in [0.2, 0.25) is 0 Å². The lowest BCUT2D eigenvalue weighted by atomic mass is 10.0. The van der Waals surface area contributed by atoms with Gasteiger partial charge in [-0.1, -0.05) is 0 Å². The number of carbonyl (C=O) groups excluding carboxylic acids is 1. The molecule has 0 aromatic heterocycles. The fourth-order valence-electron chi connectivity index (χ4n) is 2.83. The van der Waals surface area contributed by atoms with E-state index in [1.165, 1.54) is 4.90 Å². The highest BCUT2D eigenvalue weighted by molar-refractivity contribution is 7.92. The van der Waals surface area contributed by atoms with Crippen molar-refractivity contribution in [3.63, 3.8) is 0 Å². The van der Waals surface area contributed by atoms with Crippen molar-refractivity contribution in [3.05, 3.63) is 24.0 Å². The molecule has 0 saturated carbocycles. The maximum atomic E-state index is 13.5. The number of hydrogen-bond donors (Lipinski definition) is 1. The molecule has 1 fully saturated rings. The molecule has 1 aromatic rings. The quantitative estimate of drug-likeness (QED) is 0.748. The first kappa shape index (κ1) is 22.3. The summed E-state index contributed by atoms with van der Waals surface area (Å²) in [4.78, 5) is 12.1. The maximum Gasteiger partial charge on any atom is 0.501 e. The summed E-state index contributed by atoms with van der Waals surface area (Å²) in [7, 11) is -5.70. The number of alkyl carbamates (subject to hydrolysis) is 1. The minimum atomic E-state index is -5.70. The molecule has 0 spiro atoms. The third-order valence-electron chi connectivity index (χ3n) is 4.07. The summed E-state index contributed by atoms with van der Waals surface area (Å²) >= 11 is 0. The third kappa shape index (κ3) is 5.27. The number of rotatable bonds is 3. The number of benzene rings is 1. The number of amides is 1. The Balaban J connectivity index is 2.14. The molecule has 1 amide bonds. The third-order valence-corrected chi connectivity index (χ3v) is 5.59. The predicted octanol–water partition coefficient (Wildman–Crippen LogP) is 3.61. The Labute approximate surface area is 160 Å². The second-order valence-electron chi connectivity index (χ2n) is 7.47. The number of halogens is 4.